The van der Waals surface area contributed by atoms with Crippen LogP contribution in [0.2, 0.25) is 0 Å². The summed E-state index contributed by atoms with van der Waals surface area (Å²) in [5, 5.41) is 0. The average Bonchev–Trinajstić information content (AvgIpc) is 2.33. The van der Waals surface area contributed by atoms with E-state index in [4.69, 9.17) is 5.73 Å². The second-order valence-corrected chi connectivity index (χ2v) is 6.70. The Morgan fingerprint density at radius 1 is 1.33 bits per heavy atom. The molecule has 2 rings (SSSR count). The molecule has 3 nitrogen and oxygen atoms in total. The summed E-state index contributed by atoms with van der Waals surface area (Å²) < 4.78 is 0. The van der Waals surface area contributed by atoms with Gasteiger partial charge >= 0.3 is 0 Å². The molecule has 0 aromatic heterocycles. The molecule has 1 saturated carbocycles. The lowest BCUT2D eigenvalue weighted by molar-refractivity contribution is -0.150. The first-order valence-corrected chi connectivity index (χ1v) is 7.57. The molecular weight excluding hydrogens is 224 g/mol. The predicted octanol–water partition coefficient (Wildman–Crippen LogP) is 2.40. The van der Waals surface area contributed by atoms with Crippen LogP contribution in [-0.2, 0) is 4.79 Å². The first-order chi connectivity index (χ1) is 8.57. The third-order valence-corrected chi connectivity index (χ3v) is 4.80. The van der Waals surface area contributed by atoms with Crippen LogP contribution in [-0.4, -0.2) is 30.4 Å². The minimum atomic E-state index is 0.00369. The fourth-order valence-corrected chi connectivity index (χ4v) is 3.60. The quantitative estimate of drug-likeness (QED) is 0.835. The molecule has 1 amide bonds. The highest BCUT2D eigenvalue weighted by atomic mass is 16.2. The van der Waals surface area contributed by atoms with Gasteiger partial charge in [-0.15, -0.1) is 0 Å². The van der Waals surface area contributed by atoms with E-state index in [-0.39, 0.29) is 5.41 Å². The molecule has 18 heavy (non-hydrogen) atoms. The van der Waals surface area contributed by atoms with E-state index in [1.54, 1.807) is 0 Å². The SMILES string of the molecule is CC(C)CC1(C(=O)N2CCC(CN)CC2)CCC1. The molecule has 0 aromatic carbocycles. The largest absolute Gasteiger partial charge is 0.342 e. The molecule has 2 N–H and O–H groups in total. The fourth-order valence-electron chi connectivity index (χ4n) is 3.60. The summed E-state index contributed by atoms with van der Waals surface area (Å²) in [5.41, 5.74) is 5.71. The highest BCUT2D eigenvalue weighted by Crippen LogP contribution is 2.47. The molecule has 0 spiro atoms. The van der Waals surface area contributed by atoms with Gasteiger partial charge in [0.15, 0.2) is 0 Å². The number of nitrogens with two attached hydrogens (primary N) is 1. The van der Waals surface area contributed by atoms with Crippen LogP contribution in [0.4, 0.5) is 0 Å². The van der Waals surface area contributed by atoms with Crippen molar-refractivity contribution < 1.29 is 4.79 Å². The Balaban J connectivity index is 1.94. The average molecular weight is 252 g/mol. The maximum Gasteiger partial charge on any atom is 0.228 e. The fraction of sp³-hybridized carbons (Fsp3) is 0.933. The molecule has 1 aliphatic heterocycles. The van der Waals surface area contributed by atoms with Gasteiger partial charge in [-0.05, 0) is 50.5 Å². The Bertz CT molecular complexity index is 289. The number of hydrogen-bond acceptors (Lipinski definition) is 2. The number of likely N-dealkylation sites (tertiary alicyclic amines) is 1. The topological polar surface area (TPSA) is 46.3 Å². The summed E-state index contributed by atoms with van der Waals surface area (Å²) in [6.45, 7) is 7.10. The standard InChI is InChI=1S/C15H28N2O/c1-12(2)10-15(6-3-7-15)14(18)17-8-4-13(11-16)5-9-17/h12-13H,3-11,16H2,1-2H3. The van der Waals surface area contributed by atoms with E-state index in [2.05, 4.69) is 18.7 Å². The van der Waals surface area contributed by atoms with E-state index < -0.39 is 0 Å². The molecule has 0 aromatic rings. The van der Waals surface area contributed by atoms with Crippen molar-refractivity contribution in [3.63, 3.8) is 0 Å². The number of nitrogens with zero attached hydrogens (tertiary/aromatic N) is 1. The van der Waals surface area contributed by atoms with Crippen molar-refractivity contribution >= 4 is 5.91 Å². The van der Waals surface area contributed by atoms with Crippen LogP contribution in [0.25, 0.3) is 0 Å². The van der Waals surface area contributed by atoms with E-state index in [0.29, 0.717) is 17.7 Å². The van der Waals surface area contributed by atoms with Gasteiger partial charge in [0, 0.05) is 18.5 Å². The first kappa shape index (κ1) is 13.9. The van der Waals surface area contributed by atoms with E-state index >= 15 is 0 Å². The molecule has 2 fully saturated rings. The van der Waals surface area contributed by atoms with Crippen molar-refractivity contribution in [1.82, 2.24) is 4.90 Å². The van der Waals surface area contributed by atoms with Gasteiger partial charge in [-0.25, -0.2) is 0 Å². The summed E-state index contributed by atoms with van der Waals surface area (Å²) in [5.74, 6) is 1.70. The Labute approximate surface area is 111 Å². The van der Waals surface area contributed by atoms with Crippen molar-refractivity contribution in [3.05, 3.63) is 0 Å². The monoisotopic (exact) mass is 252 g/mol. The first-order valence-electron chi connectivity index (χ1n) is 7.57. The third-order valence-electron chi connectivity index (χ3n) is 4.80. The van der Waals surface area contributed by atoms with Gasteiger partial charge in [-0.2, -0.15) is 0 Å². The number of carbonyl (C=O) groups is 1. The molecule has 1 heterocycles. The van der Waals surface area contributed by atoms with E-state index in [9.17, 15) is 4.79 Å². The van der Waals surface area contributed by atoms with Crippen LogP contribution in [0.15, 0.2) is 0 Å². The summed E-state index contributed by atoms with van der Waals surface area (Å²) in [6.07, 6.45) is 6.72. The van der Waals surface area contributed by atoms with Crippen LogP contribution in [0.5, 0.6) is 0 Å². The zero-order chi connectivity index (χ0) is 13.2. The molecular formula is C15H28N2O. The van der Waals surface area contributed by atoms with Gasteiger partial charge in [0.25, 0.3) is 0 Å². The van der Waals surface area contributed by atoms with Crippen LogP contribution >= 0.6 is 0 Å². The van der Waals surface area contributed by atoms with Crippen LogP contribution in [0.3, 0.4) is 0 Å². The Morgan fingerprint density at radius 3 is 2.33 bits per heavy atom. The molecule has 104 valence electrons. The summed E-state index contributed by atoms with van der Waals surface area (Å²) in [6, 6.07) is 0. The number of carbonyl (C=O) groups excluding carboxylic acids is 1. The van der Waals surface area contributed by atoms with Crippen molar-refractivity contribution in [2.24, 2.45) is 23.0 Å². The minimum Gasteiger partial charge on any atom is -0.342 e. The molecule has 0 radical (unpaired) electrons. The highest BCUT2D eigenvalue weighted by Gasteiger charge is 2.46. The van der Waals surface area contributed by atoms with Crippen LogP contribution in [0, 0.1) is 17.3 Å². The normalized spacial score (nSPS) is 24.1. The molecule has 1 saturated heterocycles. The van der Waals surface area contributed by atoms with Gasteiger partial charge < -0.3 is 10.6 Å². The lowest BCUT2D eigenvalue weighted by Gasteiger charge is -2.46. The number of rotatable bonds is 4. The molecule has 3 heteroatoms. The van der Waals surface area contributed by atoms with Gasteiger partial charge in [0.05, 0.1) is 0 Å². The Kier molecular flexibility index (Phi) is 4.31. The van der Waals surface area contributed by atoms with Crippen molar-refractivity contribution in [2.45, 2.75) is 52.4 Å². The maximum atomic E-state index is 12.7. The van der Waals surface area contributed by atoms with Crippen molar-refractivity contribution in [1.29, 1.82) is 0 Å². The van der Waals surface area contributed by atoms with Crippen LogP contribution in [0.1, 0.15) is 52.4 Å². The van der Waals surface area contributed by atoms with Gasteiger partial charge in [-0.3, -0.25) is 4.79 Å². The second-order valence-electron chi connectivity index (χ2n) is 6.70. The van der Waals surface area contributed by atoms with Gasteiger partial charge in [0.1, 0.15) is 0 Å². The van der Waals surface area contributed by atoms with E-state index in [1.807, 2.05) is 0 Å². The maximum absolute atomic E-state index is 12.7. The summed E-state index contributed by atoms with van der Waals surface area (Å²) >= 11 is 0. The van der Waals surface area contributed by atoms with Crippen LogP contribution < -0.4 is 5.73 Å². The number of amides is 1. The molecule has 1 aliphatic carbocycles. The highest BCUT2D eigenvalue weighted by molar-refractivity contribution is 5.83. The van der Waals surface area contributed by atoms with Crippen molar-refractivity contribution in [2.75, 3.05) is 19.6 Å². The summed E-state index contributed by atoms with van der Waals surface area (Å²) in [4.78, 5) is 14.8. The Hall–Kier alpha value is -0.570. The number of piperidine rings is 1. The zero-order valence-corrected chi connectivity index (χ0v) is 12.0. The minimum absolute atomic E-state index is 0.00369. The lowest BCUT2D eigenvalue weighted by Crippen LogP contribution is -2.51. The lowest BCUT2D eigenvalue weighted by atomic mass is 9.63. The molecule has 2 aliphatic rings. The Morgan fingerprint density at radius 2 is 1.94 bits per heavy atom. The molecule has 0 atom stereocenters. The van der Waals surface area contributed by atoms with Crippen molar-refractivity contribution in [3.8, 4) is 0 Å². The molecule has 0 bridgehead atoms. The van der Waals surface area contributed by atoms with E-state index in [0.717, 1.165) is 51.7 Å². The van der Waals surface area contributed by atoms with Gasteiger partial charge in [0.2, 0.25) is 5.91 Å². The predicted molar refractivity (Wildman–Crippen MR) is 74.1 cm³/mol. The van der Waals surface area contributed by atoms with E-state index in [1.165, 1.54) is 6.42 Å². The zero-order valence-electron chi connectivity index (χ0n) is 12.0. The third kappa shape index (κ3) is 2.71. The molecule has 0 unspecified atom stereocenters. The second kappa shape index (κ2) is 5.60. The summed E-state index contributed by atoms with van der Waals surface area (Å²) in [7, 11) is 0. The van der Waals surface area contributed by atoms with Gasteiger partial charge in [-0.1, -0.05) is 20.3 Å². The number of hydrogen-bond donors (Lipinski definition) is 1. The smallest absolute Gasteiger partial charge is 0.228 e.